The van der Waals surface area contributed by atoms with E-state index in [9.17, 15) is 8.78 Å². The maximum absolute atomic E-state index is 13.9. The summed E-state index contributed by atoms with van der Waals surface area (Å²) >= 11 is 0. The van der Waals surface area contributed by atoms with Crippen molar-refractivity contribution in [3.63, 3.8) is 0 Å². The number of piperidine rings is 1. The Bertz CT molecular complexity index is 480. The van der Waals surface area contributed by atoms with E-state index in [2.05, 4.69) is 5.32 Å². The van der Waals surface area contributed by atoms with Crippen molar-refractivity contribution < 1.29 is 18.3 Å². The van der Waals surface area contributed by atoms with Gasteiger partial charge in [-0.1, -0.05) is 6.42 Å². The monoisotopic (exact) mass is 299 g/mol. The lowest BCUT2D eigenvalue weighted by molar-refractivity contribution is 0.0161. The molecule has 1 aromatic rings. The van der Waals surface area contributed by atoms with Crippen molar-refractivity contribution in [1.29, 1.82) is 0 Å². The Morgan fingerprint density at radius 1 is 1.19 bits per heavy atom. The number of hydrogen-bond donors (Lipinski definition) is 1. The topological polar surface area (TPSA) is 30.5 Å². The first-order valence-electron chi connectivity index (χ1n) is 7.32. The molecule has 0 saturated carbocycles. The largest absolute Gasteiger partial charge is 0.493 e. The highest BCUT2D eigenvalue weighted by atomic mass is 19.3. The van der Waals surface area contributed by atoms with Crippen LogP contribution in [0.1, 0.15) is 37.3 Å². The maximum atomic E-state index is 13.9. The van der Waals surface area contributed by atoms with Gasteiger partial charge in [-0.25, -0.2) is 8.78 Å². The Morgan fingerprint density at radius 3 is 2.38 bits per heavy atom. The second-order valence-corrected chi connectivity index (χ2v) is 5.60. The Kier molecular flexibility index (Phi) is 5.04. The Labute approximate surface area is 124 Å². The van der Waals surface area contributed by atoms with Crippen LogP contribution >= 0.6 is 0 Å². The van der Waals surface area contributed by atoms with Crippen LogP contribution in [0.4, 0.5) is 8.78 Å². The second kappa shape index (κ2) is 6.60. The van der Waals surface area contributed by atoms with E-state index in [0.29, 0.717) is 23.5 Å². The number of hydrogen-bond acceptors (Lipinski definition) is 3. The molecule has 118 valence electrons. The van der Waals surface area contributed by atoms with Gasteiger partial charge in [0.25, 0.3) is 5.92 Å². The van der Waals surface area contributed by atoms with E-state index in [-0.39, 0.29) is 11.6 Å². The van der Waals surface area contributed by atoms with Crippen LogP contribution in [-0.2, 0) is 12.3 Å². The zero-order valence-electron chi connectivity index (χ0n) is 12.8. The van der Waals surface area contributed by atoms with Crippen molar-refractivity contribution in [1.82, 2.24) is 5.32 Å². The van der Waals surface area contributed by atoms with Gasteiger partial charge >= 0.3 is 0 Å². The van der Waals surface area contributed by atoms with Crippen molar-refractivity contribution >= 4 is 0 Å². The lowest BCUT2D eigenvalue weighted by Gasteiger charge is -2.26. The van der Waals surface area contributed by atoms with Gasteiger partial charge in [-0.05, 0) is 43.5 Å². The van der Waals surface area contributed by atoms with E-state index in [0.717, 1.165) is 32.7 Å². The second-order valence-electron chi connectivity index (χ2n) is 5.60. The predicted molar refractivity (Wildman–Crippen MR) is 78.5 cm³/mol. The lowest BCUT2D eigenvalue weighted by atomic mass is 9.92. The van der Waals surface area contributed by atoms with Gasteiger partial charge in [-0.15, -0.1) is 0 Å². The summed E-state index contributed by atoms with van der Waals surface area (Å²) in [5.74, 6) is -2.06. The van der Waals surface area contributed by atoms with E-state index >= 15 is 0 Å². The summed E-state index contributed by atoms with van der Waals surface area (Å²) in [5, 5.41) is 3.40. The smallest absolute Gasteiger partial charge is 0.270 e. The SMILES string of the molecule is COc1cc(CC2CCCCN2)c(C(C)(F)F)cc1OC. The molecule has 3 nitrogen and oxygen atoms in total. The van der Waals surface area contributed by atoms with E-state index in [1.807, 2.05) is 0 Å². The molecule has 0 radical (unpaired) electrons. The maximum Gasteiger partial charge on any atom is 0.270 e. The summed E-state index contributed by atoms with van der Waals surface area (Å²) in [6, 6.07) is 3.33. The highest BCUT2D eigenvalue weighted by molar-refractivity contribution is 5.49. The minimum absolute atomic E-state index is 0.0209. The third-order valence-corrected chi connectivity index (χ3v) is 3.96. The van der Waals surface area contributed by atoms with Crippen molar-refractivity contribution in [3.05, 3.63) is 23.3 Å². The quantitative estimate of drug-likeness (QED) is 0.902. The lowest BCUT2D eigenvalue weighted by Crippen LogP contribution is -2.36. The fourth-order valence-corrected chi connectivity index (χ4v) is 2.86. The molecule has 1 N–H and O–H groups in total. The molecule has 5 heteroatoms. The molecule has 1 heterocycles. The van der Waals surface area contributed by atoms with Crippen molar-refractivity contribution in [3.8, 4) is 11.5 Å². The molecule has 0 bridgehead atoms. The van der Waals surface area contributed by atoms with Gasteiger partial charge in [0.2, 0.25) is 0 Å². The molecule has 0 amide bonds. The zero-order chi connectivity index (χ0) is 15.5. The van der Waals surface area contributed by atoms with E-state index < -0.39 is 5.92 Å². The number of nitrogens with one attached hydrogen (secondary N) is 1. The van der Waals surface area contributed by atoms with Gasteiger partial charge in [0.15, 0.2) is 11.5 Å². The first-order valence-corrected chi connectivity index (χ1v) is 7.32. The average molecular weight is 299 g/mol. The first kappa shape index (κ1) is 16.0. The number of methoxy groups -OCH3 is 2. The summed E-state index contributed by atoms with van der Waals surface area (Å²) in [5.41, 5.74) is 0.645. The van der Waals surface area contributed by atoms with Gasteiger partial charge in [-0.2, -0.15) is 0 Å². The third kappa shape index (κ3) is 3.84. The van der Waals surface area contributed by atoms with Gasteiger partial charge in [-0.3, -0.25) is 0 Å². The van der Waals surface area contributed by atoms with E-state index in [4.69, 9.17) is 9.47 Å². The third-order valence-electron chi connectivity index (χ3n) is 3.96. The van der Waals surface area contributed by atoms with Crippen LogP contribution in [-0.4, -0.2) is 26.8 Å². The molecule has 0 aromatic heterocycles. The summed E-state index contributed by atoms with van der Waals surface area (Å²) < 4.78 is 38.2. The minimum atomic E-state index is -2.90. The molecule has 1 aliphatic rings. The molecule has 1 aliphatic heterocycles. The van der Waals surface area contributed by atoms with Crippen LogP contribution in [0.5, 0.6) is 11.5 Å². The number of rotatable bonds is 5. The summed E-state index contributed by atoms with van der Waals surface area (Å²) in [6.07, 6.45) is 3.89. The van der Waals surface area contributed by atoms with Crippen LogP contribution in [0.2, 0.25) is 0 Å². The summed E-state index contributed by atoms with van der Waals surface area (Å²) in [6.45, 7) is 1.88. The molecule has 21 heavy (non-hydrogen) atoms. The molecule has 1 unspecified atom stereocenters. The molecule has 2 rings (SSSR count). The van der Waals surface area contributed by atoms with Crippen LogP contribution in [0.3, 0.4) is 0 Å². The number of halogens is 2. The van der Waals surface area contributed by atoms with E-state index in [1.54, 1.807) is 6.07 Å². The molecule has 1 saturated heterocycles. The summed E-state index contributed by atoms with van der Waals surface area (Å²) in [7, 11) is 2.97. The highest BCUT2D eigenvalue weighted by Crippen LogP contribution is 2.38. The van der Waals surface area contributed by atoms with Gasteiger partial charge in [0.1, 0.15) is 0 Å². The first-order chi connectivity index (χ1) is 9.95. The molecule has 1 aromatic carbocycles. The van der Waals surface area contributed by atoms with E-state index in [1.165, 1.54) is 20.3 Å². The minimum Gasteiger partial charge on any atom is -0.493 e. The molecule has 1 fully saturated rings. The number of alkyl halides is 2. The Morgan fingerprint density at radius 2 is 1.86 bits per heavy atom. The Hall–Kier alpha value is -1.36. The van der Waals surface area contributed by atoms with Gasteiger partial charge in [0.05, 0.1) is 14.2 Å². The number of benzene rings is 1. The molecule has 1 atom stereocenters. The van der Waals surface area contributed by atoms with Crippen molar-refractivity contribution in [2.45, 2.75) is 44.6 Å². The Balaban J connectivity index is 2.36. The fraction of sp³-hybridized carbons (Fsp3) is 0.625. The van der Waals surface area contributed by atoms with Crippen molar-refractivity contribution in [2.75, 3.05) is 20.8 Å². The summed E-state index contributed by atoms with van der Waals surface area (Å²) in [4.78, 5) is 0. The molecule has 0 aliphatic carbocycles. The van der Waals surface area contributed by atoms with Gasteiger partial charge in [0, 0.05) is 18.5 Å². The predicted octanol–water partition coefficient (Wildman–Crippen LogP) is 3.50. The average Bonchev–Trinajstić information content (AvgIpc) is 2.46. The zero-order valence-corrected chi connectivity index (χ0v) is 12.8. The normalized spacial score (nSPS) is 19.4. The van der Waals surface area contributed by atoms with Crippen LogP contribution in [0.25, 0.3) is 0 Å². The standard InChI is InChI=1S/C16H23F2NO2/c1-16(17,18)13-10-15(21-3)14(20-2)9-11(13)8-12-6-4-5-7-19-12/h9-10,12,19H,4-8H2,1-3H3. The molecule has 0 spiro atoms. The molecular weight excluding hydrogens is 276 g/mol. The fourth-order valence-electron chi connectivity index (χ4n) is 2.86. The molecular formula is C16H23F2NO2. The highest BCUT2D eigenvalue weighted by Gasteiger charge is 2.30. The van der Waals surface area contributed by atoms with Gasteiger partial charge < -0.3 is 14.8 Å². The van der Waals surface area contributed by atoms with Crippen molar-refractivity contribution in [2.24, 2.45) is 0 Å². The van der Waals surface area contributed by atoms with Crippen LogP contribution in [0.15, 0.2) is 12.1 Å². The number of ether oxygens (including phenoxy) is 2. The van der Waals surface area contributed by atoms with Crippen LogP contribution in [0, 0.1) is 0 Å². The van der Waals surface area contributed by atoms with Crippen LogP contribution < -0.4 is 14.8 Å².